The molecule has 33 heavy (non-hydrogen) atoms. The topological polar surface area (TPSA) is 80.7 Å². The van der Waals surface area contributed by atoms with E-state index in [2.05, 4.69) is 32.2 Å². The van der Waals surface area contributed by atoms with E-state index in [0.29, 0.717) is 26.2 Å². The van der Waals surface area contributed by atoms with E-state index in [4.69, 9.17) is 4.74 Å². The molecule has 1 aromatic rings. The van der Waals surface area contributed by atoms with Gasteiger partial charge >= 0.3 is 6.09 Å². The van der Waals surface area contributed by atoms with Gasteiger partial charge < -0.3 is 29.7 Å². The van der Waals surface area contributed by atoms with Crippen LogP contribution in [0.15, 0.2) is 35.3 Å². The maximum absolute atomic E-state index is 12.7. The lowest BCUT2D eigenvalue weighted by Crippen LogP contribution is -2.58. The first kappa shape index (κ1) is 25.4. The number of nitrogens with zero attached hydrogens (tertiary/aromatic N) is 5. The normalized spacial score (nSPS) is 20.6. The average Bonchev–Trinajstić information content (AvgIpc) is 3.19. The van der Waals surface area contributed by atoms with E-state index in [0.717, 1.165) is 32.1 Å². The van der Waals surface area contributed by atoms with Crippen molar-refractivity contribution in [3.05, 3.63) is 30.3 Å². The maximum atomic E-state index is 12.7. The lowest BCUT2D eigenvalue weighted by Gasteiger charge is -2.39. The van der Waals surface area contributed by atoms with Crippen LogP contribution in [-0.2, 0) is 9.53 Å². The molecule has 2 amide bonds. The number of carbonyl (C=O) groups is 2. The van der Waals surface area contributed by atoms with Crippen LogP contribution in [0, 0.1) is 0 Å². The number of ether oxygens (including phenoxy) is 1. The Morgan fingerprint density at radius 3 is 2.36 bits per heavy atom. The van der Waals surface area contributed by atoms with Crippen molar-refractivity contribution in [1.82, 2.24) is 20.0 Å². The summed E-state index contributed by atoms with van der Waals surface area (Å²) < 4.78 is 5.50. The highest BCUT2D eigenvalue weighted by Crippen LogP contribution is 2.19. The molecule has 0 saturated carbocycles. The summed E-state index contributed by atoms with van der Waals surface area (Å²) in [4.78, 5) is 37.8. The predicted molar refractivity (Wildman–Crippen MR) is 139 cm³/mol. The number of anilines is 1. The number of aliphatic imine (C=N–C) groups is 1. The van der Waals surface area contributed by atoms with Crippen LogP contribution in [0.3, 0.4) is 0 Å². The first-order valence-electron chi connectivity index (χ1n) is 11.4. The summed E-state index contributed by atoms with van der Waals surface area (Å²) >= 11 is 0. The third-order valence-corrected chi connectivity index (χ3v) is 6.01. The molecule has 3 heterocycles. The Morgan fingerprint density at radius 1 is 1.03 bits per heavy atom. The van der Waals surface area contributed by atoms with Gasteiger partial charge in [-0.05, 0) is 32.9 Å². The fourth-order valence-electron chi connectivity index (χ4n) is 4.34. The molecule has 9 nitrogen and oxygen atoms in total. The molecule has 0 aromatic heterocycles. The lowest BCUT2D eigenvalue weighted by atomic mass is 10.2. The molecule has 3 aliphatic rings. The van der Waals surface area contributed by atoms with Gasteiger partial charge in [-0.2, -0.15) is 0 Å². The van der Waals surface area contributed by atoms with Crippen molar-refractivity contribution >= 4 is 47.6 Å². The van der Waals surface area contributed by atoms with Crippen molar-refractivity contribution in [2.24, 2.45) is 4.99 Å². The van der Waals surface area contributed by atoms with E-state index in [9.17, 15) is 9.59 Å². The van der Waals surface area contributed by atoms with Gasteiger partial charge in [0.1, 0.15) is 5.60 Å². The molecule has 10 heteroatoms. The number of hydrogen-bond donors (Lipinski definition) is 1. The van der Waals surface area contributed by atoms with Crippen molar-refractivity contribution in [1.29, 1.82) is 0 Å². The van der Waals surface area contributed by atoms with E-state index < -0.39 is 5.60 Å². The molecule has 4 rings (SSSR count). The highest BCUT2D eigenvalue weighted by molar-refractivity contribution is 14.0. The molecule has 1 N–H and O–H groups in total. The number of nitrogens with one attached hydrogen (secondary N) is 1. The Labute approximate surface area is 213 Å². The minimum atomic E-state index is -0.500. The Balaban J connectivity index is 0.00000306. The molecule has 0 aliphatic carbocycles. The molecule has 0 radical (unpaired) electrons. The predicted octanol–water partition coefficient (Wildman–Crippen LogP) is 1.83. The van der Waals surface area contributed by atoms with E-state index in [1.165, 1.54) is 5.69 Å². The van der Waals surface area contributed by atoms with Crippen molar-refractivity contribution in [3.8, 4) is 0 Å². The molecular weight excluding hydrogens is 535 g/mol. The number of amides is 2. The Bertz CT molecular complexity index is 852. The quantitative estimate of drug-likeness (QED) is 0.559. The number of fused-ring (bicyclic) bond motifs is 1. The second-order valence-electron chi connectivity index (χ2n) is 9.49. The second kappa shape index (κ2) is 10.8. The van der Waals surface area contributed by atoms with Gasteiger partial charge in [0.25, 0.3) is 0 Å². The zero-order valence-electron chi connectivity index (χ0n) is 19.7. The van der Waals surface area contributed by atoms with Crippen molar-refractivity contribution in [3.63, 3.8) is 0 Å². The molecule has 0 spiro atoms. The van der Waals surface area contributed by atoms with Gasteiger partial charge in [0, 0.05) is 51.5 Å². The minimum Gasteiger partial charge on any atom is -0.444 e. The fraction of sp³-hybridized carbons (Fsp3) is 0.609. The number of rotatable bonds is 3. The molecule has 182 valence electrons. The zero-order valence-corrected chi connectivity index (χ0v) is 22.0. The number of guanidine groups is 1. The third kappa shape index (κ3) is 6.42. The SMILES string of the molecule is CC(C)(C)OC(=O)N1CCN2C(NCC(=O)N3CCN(c4ccccc4)CC3)=NCC2C1.I. The van der Waals surface area contributed by atoms with Crippen LogP contribution in [0.5, 0.6) is 0 Å². The van der Waals surface area contributed by atoms with Gasteiger partial charge in [0.05, 0.1) is 19.1 Å². The first-order valence-corrected chi connectivity index (χ1v) is 11.4. The van der Waals surface area contributed by atoms with Gasteiger partial charge in [0.15, 0.2) is 5.96 Å². The van der Waals surface area contributed by atoms with Crippen LogP contribution in [0.25, 0.3) is 0 Å². The van der Waals surface area contributed by atoms with E-state index in [-0.39, 0.29) is 48.6 Å². The summed E-state index contributed by atoms with van der Waals surface area (Å²) in [7, 11) is 0. The van der Waals surface area contributed by atoms with E-state index >= 15 is 0 Å². The molecule has 1 aromatic carbocycles. The minimum absolute atomic E-state index is 0. The van der Waals surface area contributed by atoms with Crippen molar-refractivity contribution in [2.75, 3.05) is 63.8 Å². The second-order valence-corrected chi connectivity index (χ2v) is 9.49. The van der Waals surface area contributed by atoms with Gasteiger partial charge in [-0.15, -0.1) is 24.0 Å². The fourth-order valence-corrected chi connectivity index (χ4v) is 4.34. The van der Waals surface area contributed by atoms with Gasteiger partial charge in [0.2, 0.25) is 5.91 Å². The highest BCUT2D eigenvalue weighted by Gasteiger charge is 2.36. The Kier molecular flexibility index (Phi) is 8.30. The number of piperazine rings is 2. The average molecular weight is 570 g/mol. The van der Waals surface area contributed by atoms with Crippen LogP contribution < -0.4 is 10.2 Å². The number of carbonyl (C=O) groups excluding carboxylic acids is 2. The van der Waals surface area contributed by atoms with Crippen LogP contribution in [-0.4, -0.2) is 103 Å². The zero-order chi connectivity index (χ0) is 22.7. The Hall–Kier alpha value is -2.24. The van der Waals surface area contributed by atoms with Crippen molar-refractivity contribution < 1.29 is 14.3 Å². The number of benzene rings is 1. The third-order valence-electron chi connectivity index (χ3n) is 6.01. The van der Waals surface area contributed by atoms with Gasteiger partial charge in [-0.1, -0.05) is 18.2 Å². The number of hydrogen-bond acceptors (Lipinski definition) is 7. The summed E-state index contributed by atoms with van der Waals surface area (Å²) in [5.41, 5.74) is 0.703. The van der Waals surface area contributed by atoms with Crippen LogP contribution in [0.1, 0.15) is 20.8 Å². The van der Waals surface area contributed by atoms with E-state index in [1.54, 1.807) is 4.90 Å². The van der Waals surface area contributed by atoms with Crippen LogP contribution in [0.4, 0.5) is 10.5 Å². The van der Waals surface area contributed by atoms with Crippen LogP contribution in [0.2, 0.25) is 0 Å². The maximum Gasteiger partial charge on any atom is 0.410 e. The molecule has 2 saturated heterocycles. The molecular formula is C23H35IN6O3. The summed E-state index contributed by atoms with van der Waals surface area (Å²) in [6.07, 6.45) is -0.275. The smallest absolute Gasteiger partial charge is 0.410 e. The monoisotopic (exact) mass is 570 g/mol. The lowest BCUT2D eigenvalue weighted by molar-refractivity contribution is -0.130. The summed E-state index contributed by atoms with van der Waals surface area (Å²) in [5, 5.41) is 3.24. The van der Waals surface area contributed by atoms with Crippen molar-refractivity contribution in [2.45, 2.75) is 32.4 Å². The first-order chi connectivity index (χ1) is 15.3. The van der Waals surface area contributed by atoms with Crippen LogP contribution >= 0.6 is 24.0 Å². The molecule has 3 aliphatic heterocycles. The highest BCUT2D eigenvalue weighted by atomic mass is 127. The molecule has 0 bridgehead atoms. The standard InChI is InChI=1S/C23H34N6O3.HI/c1-23(2,3)32-22(31)28-13-14-29-19(17-28)15-24-21(29)25-16-20(30)27-11-9-26(10-12-27)18-7-5-4-6-8-18;/h4-8,19H,9-17H2,1-3H3,(H,24,25);1H. The summed E-state index contributed by atoms with van der Waals surface area (Å²) in [5.74, 6) is 0.853. The van der Waals surface area contributed by atoms with Gasteiger partial charge in [-0.25, -0.2) is 4.79 Å². The number of para-hydroxylation sites is 1. The molecule has 2 fully saturated rings. The molecule has 1 unspecified atom stereocenters. The summed E-state index contributed by atoms with van der Waals surface area (Å²) in [6, 6.07) is 10.4. The largest absolute Gasteiger partial charge is 0.444 e. The van der Waals surface area contributed by atoms with E-state index in [1.807, 2.05) is 43.9 Å². The Morgan fingerprint density at radius 2 is 1.70 bits per heavy atom. The molecule has 1 atom stereocenters. The summed E-state index contributed by atoms with van der Waals surface area (Å²) in [6.45, 7) is 11.4. The van der Waals surface area contributed by atoms with Gasteiger partial charge in [-0.3, -0.25) is 9.79 Å². The number of halogens is 1.